The summed E-state index contributed by atoms with van der Waals surface area (Å²) in [6.07, 6.45) is 0. The van der Waals surface area contributed by atoms with Gasteiger partial charge in [-0.25, -0.2) is 13.4 Å². The van der Waals surface area contributed by atoms with Gasteiger partial charge in [0.05, 0.1) is 5.02 Å². The van der Waals surface area contributed by atoms with Crippen molar-refractivity contribution in [2.24, 2.45) is 0 Å². The number of aryl methyl sites for hydroxylation is 1. The Balaban J connectivity index is 1.94. The first-order valence-corrected chi connectivity index (χ1v) is 10.1. The van der Waals surface area contributed by atoms with Crippen LogP contribution in [0.3, 0.4) is 0 Å². The summed E-state index contributed by atoms with van der Waals surface area (Å²) in [5.74, 6) is 0.185. The third-order valence-corrected chi connectivity index (χ3v) is 6.07. The molecule has 0 saturated heterocycles. The molecule has 3 rings (SSSR count). The molecule has 0 saturated carbocycles. The summed E-state index contributed by atoms with van der Waals surface area (Å²) in [4.78, 5) is 4.26. The van der Waals surface area contributed by atoms with Gasteiger partial charge >= 0.3 is 0 Å². The second kappa shape index (κ2) is 7.45. The van der Waals surface area contributed by atoms with E-state index in [1.165, 1.54) is 18.2 Å². The van der Waals surface area contributed by atoms with Gasteiger partial charge in [0.25, 0.3) is 10.0 Å². The number of nitrogens with zero attached hydrogens (tertiary/aromatic N) is 1. The van der Waals surface area contributed by atoms with Crippen LogP contribution in [0.5, 0.6) is 0 Å². The minimum Gasteiger partial charge on any atom is -0.263 e. The molecule has 0 aliphatic carbocycles. The second-order valence-corrected chi connectivity index (χ2v) is 8.39. The number of hydrogen-bond acceptors (Lipinski definition) is 3. The van der Waals surface area contributed by atoms with Crippen molar-refractivity contribution in [2.75, 3.05) is 4.72 Å². The monoisotopic (exact) mass is 426 g/mol. The summed E-state index contributed by atoms with van der Waals surface area (Å²) in [7, 11) is -3.89. The number of anilines is 1. The highest BCUT2D eigenvalue weighted by molar-refractivity contribution is 7.92. The van der Waals surface area contributed by atoms with E-state index < -0.39 is 10.0 Å². The molecule has 0 bridgehead atoms. The number of halogens is 3. The molecule has 0 aliphatic heterocycles. The highest BCUT2D eigenvalue weighted by atomic mass is 35.5. The molecular formula is C18H13Cl3N2O2S. The Labute approximate surface area is 166 Å². The lowest BCUT2D eigenvalue weighted by Gasteiger charge is -2.12. The summed E-state index contributed by atoms with van der Waals surface area (Å²) < 4.78 is 27.5. The standard InChI is InChI=1S/C18H13Cl3N2O2S/c1-11-13(14-4-2-3-5-15(14)20)7-9-18(22-11)23-26(24,25)17-8-6-12(19)10-16(17)21/h2-10H,1H3,(H,22,23). The van der Waals surface area contributed by atoms with Crippen molar-refractivity contribution in [3.63, 3.8) is 0 Å². The third-order valence-electron chi connectivity index (χ3n) is 3.67. The van der Waals surface area contributed by atoms with Gasteiger partial charge < -0.3 is 0 Å². The molecule has 0 radical (unpaired) electrons. The SMILES string of the molecule is Cc1nc(NS(=O)(=O)c2ccc(Cl)cc2Cl)ccc1-c1ccccc1Cl. The number of nitrogens with one attached hydrogen (secondary N) is 1. The molecule has 1 heterocycles. The lowest BCUT2D eigenvalue weighted by atomic mass is 10.0. The third kappa shape index (κ3) is 3.96. The molecule has 1 aromatic heterocycles. The van der Waals surface area contributed by atoms with Gasteiger partial charge in [0.1, 0.15) is 10.7 Å². The van der Waals surface area contributed by atoms with Gasteiger partial charge in [0.15, 0.2) is 0 Å². The molecule has 0 atom stereocenters. The highest BCUT2D eigenvalue weighted by Gasteiger charge is 2.19. The maximum atomic E-state index is 12.6. The maximum Gasteiger partial charge on any atom is 0.264 e. The molecule has 26 heavy (non-hydrogen) atoms. The Morgan fingerprint density at radius 2 is 1.62 bits per heavy atom. The Morgan fingerprint density at radius 1 is 0.885 bits per heavy atom. The summed E-state index contributed by atoms with van der Waals surface area (Å²) in [6.45, 7) is 1.78. The number of pyridine rings is 1. The van der Waals surface area contributed by atoms with Crippen LogP contribution in [0.25, 0.3) is 11.1 Å². The van der Waals surface area contributed by atoms with Crippen molar-refractivity contribution < 1.29 is 8.42 Å². The Kier molecular flexibility index (Phi) is 5.44. The average molecular weight is 428 g/mol. The van der Waals surface area contributed by atoms with Crippen molar-refractivity contribution in [1.82, 2.24) is 4.98 Å². The van der Waals surface area contributed by atoms with Gasteiger partial charge in [0.2, 0.25) is 0 Å². The molecule has 0 fully saturated rings. The van der Waals surface area contributed by atoms with E-state index in [0.29, 0.717) is 15.7 Å². The summed E-state index contributed by atoms with van der Waals surface area (Å²) >= 11 is 18.0. The molecule has 134 valence electrons. The first kappa shape index (κ1) is 19.0. The number of aromatic nitrogens is 1. The van der Waals surface area contributed by atoms with Gasteiger partial charge in [-0.3, -0.25) is 4.72 Å². The van der Waals surface area contributed by atoms with Gasteiger partial charge in [-0.15, -0.1) is 0 Å². The Morgan fingerprint density at radius 3 is 2.27 bits per heavy atom. The molecule has 8 heteroatoms. The van der Waals surface area contributed by atoms with E-state index in [-0.39, 0.29) is 15.7 Å². The minimum absolute atomic E-state index is 0.0365. The van der Waals surface area contributed by atoms with Crippen molar-refractivity contribution in [2.45, 2.75) is 11.8 Å². The number of benzene rings is 2. The zero-order chi connectivity index (χ0) is 18.9. The molecule has 1 N–H and O–H groups in total. The van der Waals surface area contributed by atoms with Gasteiger partial charge in [0, 0.05) is 26.9 Å². The molecule has 0 spiro atoms. The molecule has 0 unspecified atom stereocenters. The van der Waals surface area contributed by atoms with Crippen LogP contribution >= 0.6 is 34.8 Å². The molecule has 4 nitrogen and oxygen atoms in total. The number of hydrogen-bond donors (Lipinski definition) is 1. The predicted octanol–water partition coefficient (Wildman–Crippen LogP) is 5.82. The van der Waals surface area contributed by atoms with E-state index >= 15 is 0 Å². The molecule has 2 aromatic carbocycles. The molecule has 0 aliphatic rings. The van der Waals surface area contributed by atoms with Gasteiger partial charge in [-0.05, 0) is 43.3 Å². The summed E-state index contributed by atoms with van der Waals surface area (Å²) in [5.41, 5.74) is 2.29. The summed E-state index contributed by atoms with van der Waals surface area (Å²) in [5, 5.41) is 0.986. The first-order valence-electron chi connectivity index (χ1n) is 7.48. The summed E-state index contributed by atoms with van der Waals surface area (Å²) in [6, 6.07) is 14.9. The van der Waals surface area contributed by atoms with E-state index in [1.54, 1.807) is 25.1 Å². The smallest absolute Gasteiger partial charge is 0.263 e. The van der Waals surface area contributed by atoms with Crippen molar-refractivity contribution in [3.05, 3.63) is 75.4 Å². The minimum atomic E-state index is -3.89. The zero-order valence-electron chi connectivity index (χ0n) is 13.5. The molecule has 0 amide bonds. The Hall–Kier alpha value is -1.79. The number of rotatable bonds is 4. The van der Waals surface area contributed by atoms with Crippen LogP contribution in [0.1, 0.15) is 5.69 Å². The lowest BCUT2D eigenvalue weighted by Crippen LogP contribution is -2.14. The highest BCUT2D eigenvalue weighted by Crippen LogP contribution is 2.31. The Bertz CT molecular complexity index is 1090. The van der Waals surface area contributed by atoms with E-state index in [2.05, 4.69) is 9.71 Å². The predicted molar refractivity (Wildman–Crippen MR) is 107 cm³/mol. The topological polar surface area (TPSA) is 59.1 Å². The zero-order valence-corrected chi connectivity index (χ0v) is 16.6. The normalized spacial score (nSPS) is 11.4. The van der Waals surface area contributed by atoms with Crippen LogP contribution in [0.2, 0.25) is 15.1 Å². The van der Waals surface area contributed by atoms with Crippen molar-refractivity contribution in [1.29, 1.82) is 0 Å². The quantitative estimate of drug-likeness (QED) is 0.571. The van der Waals surface area contributed by atoms with Crippen LogP contribution < -0.4 is 4.72 Å². The average Bonchev–Trinajstić information content (AvgIpc) is 2.55. The van der Waals surface area contributed by atoms with Crippen LogP contribution in [0, 0.1) is 6.92 Å². The van der Waals surface area contributed by atoms with Gasteiger partial charge in [-0.2, -0.15) is 0 Å². The van der Waals surface area contributed by atoms with E-state index in [0.717, 1.165) is 11.1 Å². The van der Waals surface area contributed by atoms with Crippen LogP contribution in [0.4, 0.5) is 5.82 Å². The van der Waals surface area contributed by atoms with E-state index in [4.69, 9.17) is 34.8 Å². The fourth-order valence-electron chi connectivity index (χ4n) is 2.47. The fourth-order valence-corrected chi connectivity index (χ4v) is 4.48. The molecular weight excluding hydrogens is 415 g/mol. The fraction of sp³-hybridized carbons (Fsp3) is 0.0556. The van der Waals surface area contributed by atoms with Crippen LogP contribution in [0.15, 0.2) is 59.5 Å². The largest absolute Gasteiger partial charge is 0.264 e. The molecule has 3 aromatic rings. The lowest BCUT2D eigenvalue weighted by molar-refractivity contribution is 0.601. The van der Waals surface area contributed by atoms with E-state index in [9.17, 15) is 8.42 Å². The first-order chi connectivity index (χ1) is 12.3. The van der Waals surface area contributed by atoms with Crippen molar-refractivity contribution in [3.8, 4) is 11.1 Å². The van der Waals surface area contributed by atoms with Crippen molar-refractivity contribution >= 4 is 50.6 Å². The van der Waals surface area contributed by atoms with Gasteiger partial charge in [-0.1, -0.05) is 53.0 Å². The second-order valence-electron chi connectivity index (χ2n) is 5.49. The van der Waals surface area contributed by atoms with Crippen LogP contribution in [-0.4, -0.2) is 13.4 Å². The van der Waals surface area contributed by atoms with E-state index in [1.807, 2.05) is 18.2 Å². The van der Waals surface area contributed by atoms with Crippen LogP contribution in [-0.2, 0) is 10.0 Å². The maximum absolute atomic E-state index is 12.6. The number of sulfonamides is 1.